The van der Waals surface area contributed by atoms with Crippen LogP contribution in [0.2, 0.25) is 0 Å². The van der Waals surface area contributed by atoms with Gasteiger partial charge in [-0.05, 0) is 42.0 Å². The Balaban J connectivity index is 1.95. The third-order valence-corrected chi connectivity index (χ3v) is 4.35. The van der Waals surface area contributed by atoms with Crippen LogP contribution in [0.15, 0.2) is 60.8 Å². The van der Waals surface area contributed by atoms with Gasteiger partial charge in [0.1, 0.15) is 11.6 Å². The lowest BCUT2D eigenvalue weighted by atomic mass is 10.0. The van der Waals surface area contributed by atoms with Crippen LogP contribution in [0, 0.1) is 0 Å². The maximum atomic E-state index is 13.0. The third-order valence-electron chi connectivity index (χ3n) is 4.35. The summed E-state index contributed by atoms with van der Waals surface area (Å²) in [6.45, 7) is 0. The van der Waals surface area contributed by atoms with E-state index < -0.39 is 0 Å². The SMILES string of the molecule is CNC(=O)c1cccc(NC(=O)c2cc(-c3ccc(O)cc3)cnc2N(C)C)c1. The zero-order chi connectivity index (χ0) is 21.0. The van der Waals surface area contributed by atoms with Crippen molar-refractivity contribution < 1.29 is 14.7 Å². The fraction of sp³-hybridized carbons (Fsp3) is 0.136. The van der Waals surface area contributed by atoms with Crippen molar-refractivity contribution in [1.29, 1.82) is 0 Å². The minimum absolute atomic E-state index is 0.167. The summed E-state index contributed by atoms with van der Waals surface area (Å²) in [6.07, 6.45) is 1.69. The van der Waals surface area contributed by atoms with Crippen molar-refractivity contribution in [2.75, 3.05) is 31.4 Å². The molecule has 0 aliphatic heterocycles. The summed E-state index contributed by atoms with van der Waals surface area (Å²) >= 11 is 0. The Hall–Kier alpha value is -3.87. The summed E-state index contributed by atoms with van der Waals surface area (Å²) in [5.41, 5.74) is 2.94. The number of nitrogens with zero attached hydrogens (tertiary/aromatic N) is 2. The molecule has 0 atom stereocenters. The number of aromatic nitrogens is 1. The van der Waals surface area contributed by atoms with E-state index in [0.717, 1.165) is 11.1 Å². The number of anilines is 2. The molecule has 3 N–H and O–H groups in total. The van der Waals surface area contributed by atoms with E-state index in [9.17, 15) is 14.7 Å². The smallest absolute Gasteiger partial charge is 0.259 e. The number of hydrogen-bond donors (Lipinski definition) is 3. The summed E-state index contributed by atoms with van der Waals surface area (Å²) in [5, 5.41) is 14.9. The molecule has 3 aromatic rings. The van der Waals surface area contributed by atoms with Crippen LogP contribution in [0.4, 0.5) is 11.5 Å². The molecular formula is C22H22N4O3. The molecule has 7 heteroatoms. The average Bonchev–Trinajstić information content (AvgIpc) is 2.73. The lowest BCUT2D eigenvalue weighted by Crippen LogP contribution is -2.21. The van der Waals surface area contributed by atoms with Gasteiger partial charge in [-0.3, -0.25) is 9.59 Å². The molecule has 1 heterocycles. The molecule has 0 saturated heterocycles. The molecule has 0 aliphatic rings. The molecule has 29 heavy (non-hydrogen) atoms. The summed E-state index contributed by atoms with van der Waals surface area (Å²) in [7, 11) is 5.18. The molecule has 0 spiro atoms. The normalized spacial score (nSPS) is 10.3. The number of phenolic OH excluding ortho intramolecular Hbond substituents is 1. The van der Waals surface area contributed by atoms with Gasteiger partial charge in [-0.25, -0.2) is 4.98 Å². The van der Waals surface area contributed by atoms with E-state index in [1.54, 1.807) is 72.7 Å². The largest absolute Gasteiger partial charge is 0.508 e. The monoisotopic (exact) mass is 390 g/mol. The van der Waals surface area contributed by atoms with Crippen LogP contribution in [-0.2, 0) is 0 Å². The fourth-order valence-corrected chi connectivity index (χ4v) is 2.87. The van der Waals surface area contributed by atoms with Crippen molar-refractivity contribution in [3.63, 3.8) is 0 Å². The zero-order valence-corrected chi connectivity index (χ0v) is 16.4. The molecule has 7 nitrogen and oxygen atoms in total. The first-order valence-corrected chi connectivity index (χ1v) is 8.99. The number of aromatic hydroxyl groups is 1. The van der Waals surface area contributed by atoms with Crippen LogP contribution < -0.4 is 15.5 Å². The van der Waals surface area contributed by atoms with E-state index in [1.807, 2.05) is 14.1 Å². The first-order valence-electron chi connectivity index (χ1n) is 8.99. The quantitative estimate of drug-likeness (QED) is 0.622. The maximum absolute atomic E-state index is 13.0. The predicted molar refractivity (Wildman–Crippen MR) is 113 cm³/mol. The van der Waals surface area contributed by atoms with Crippen molar-refractivity contribution in [2.45, 2.75) is 0 Å². The average molecular weight is 390 g/mol. The lowest BCUT2D eigenvalue weighted by molar-refractivity contribution is 0.0961. The van der Waals surface area contributed by atoms with E-state index in [1.165, 1.54) is 0 Å². The Labute approximate surface area is 169 Å². The number of hydrogen-bond acceptors (Lipinski definition) is 5. The van der Waals surface area contributed by atoms with Gasteiger partial charge in [0.15, 0.2) is 0 Å². The van der Waals surface area contributed by atoms with Crippen LogP contribution in [0.5, 0.6) is 5.75 Å². The van der Waals surface area contributed by atoms with Crippen molar-refractivity contribution in [1.82, 2.24) is 10.3 Å². The number of phenols is 1. The Morgan fingerprint density at radius 1 is 0.966 bits per heavy atom. The van der Waals surface area contributed by atoms with Gasteiger partial charge in [-0.15, -0.1) is 0 Å². The van der Waals surface area contributed by atoms with Gasteiger partial charge >= 0.3 is 0 Å². The van der Waals surface area contributed by atoms with Crippen molar-refractivity contribution in [3.8, 4) is 16.9 Å². The topological polar surface area (TPSA) is 94.6 Å². The number of benzene rings is 2. The summed E-state index contributed by atoms with van der Waals surface area (Å²) in [4.78, 5) is 31.0. The van der Waals surface area contributed by atoms with Gasteiger partial charge in [0.2, 0.25) is 0 Å². The fourth-order valence-electron chi connectivity index (χ4n) is 2.87. The Morgan fingerprint density at radius 2 is 1.69 bits per heavy atom. The van der Waals surface area contributed by atoms with Crippen LogP contribution >= 0.6 is 0 Å². The molecule has 2 amide bonds. The van der Waals surface area contributed by atoms with E-state index in [2.05, 4.69) is 15.6 Å². The van der Waals surface area contributed by atoms with Gasteiger partial charge in [-0.2, -0.15) is 0 Å². The first kappa shape index (κ1) is 19.9. The van der Waals surface area contributed by atoms with Crippen molar-refractivity contribution in [3.05, 3.63) is 71.9 Å². The molecule has 0 fully saturated rings. The van der Waals surface area contributed by atoms with Gasteiger partial charge < -0.3 is 20.6 Å². The summed E-state index contributed by atoms with van der Waals surface area (Å²) in [5.74, 6) is 0.120. The highest BCUT2D eigenvalue weighted by molar-refractivity contribution is 6.08. The van der Waals surface area contributed by atoms with Crippen molar-refractivity contribution >= 4 is 23.3 Å². The Bertz CT molecular complexity index is 1050. The number of pyridine rings is 1. The molecule has 2 aromatic carbocycles. The second-order valence-electron chi connectivity index (χ2n) is 6.65. The Morgan fingerprint density at radius 3 is 2.34 bits per heavy atom. The second kappa shape index (κ2) is 8.43. The highest BCUT2D eigenvalue weighted by Gasteiger charge is 2.17. The zero-order valence-electron chi connectivity index (χ0n) is 16.4. The number of carbonyl (C=O) groups excluding carboxylic acids is 2. The molecule has 0 bridgehead atoms. The van der Waals surface area contributed by atoms with Gasteiger partial charge in [0.25, 0.3) is 11.8 Å². The van der Waals surface area contributed by atoms with Crippen LogP contribution in [0.1, 0.15) is 20.7 Å². The molecule has 1 aromatic heterocycles. The van der Waals surface area contributed by atoms with E-state index in [0.29, 0.717) is 22.6 Å². The standard InChI is InChI=1S/C22H22N4O3/c1-23-21(28)15-5-4-6-17(11-15)25-22(29)19-12-16(13-24-20(19)26(2)3)14-7-9-18(27)10-8-14/h4-13,27H,1-3H3,(H,23,28)(H,25,29). The number of amides is 2. The molecule has 0 aliphatic carbocycles. The summed E-state index contributed by atoms with van der Waals surface area (Å²) < 4.78 is 0. The van der Waals surface area contributed by atoms with E-state index in [-0.39, 0.29) is 17.6 Å². The number of carbonyl (C=O) groups is 2. The Kier molecular flexibility index (Phi) is 5.78. The van der Waals surface area contributed by atoms with Crippen LogP contribution in [-0.4, -0.2) is 43.0 Å². The van der Waals surface area contributed by atoms with E-state index in [4.69, 9.17) is 0 Å². The molecule has 0 unspecified atom stereocenters. The minimum atomic E-state index is -0.337. The molecule has 0 radical (unpaired) electrons. The lowest BCUT2D eigenvalue weighted by Gasteiger charge is -2.17. The van der Waals surface area contributed by atoms with Gasteiger partial charge in [0, 0.05) is 44.2 Å². The molecule has 148 valence electrons. The van der Waals surface area contributed by atoms with Gasteiger partial charge in [-0.1, -0.05) is 18.2 Å². The molecule has 0 saturated carbocycles. The van der Waals surface area contributed by atoms with Crippen LogP contribution in [0.25, 0.3) is 11.1 Å². The van der Waals surface area contributed by atoms with E-state index >= 15 is 0 Å². The molecule has 3 rings (SSSR count). The van der Waals surface area contributed by atoms with Crippen LogP contribution in [0.3, 0.4) is 0 Å². The van der Waals surface area contributed by atoms with Crippen molar-refractivity contribution in [2.24, 2.45) is 0 Å². The summed E-state index contributed by atoms with van der Waals surface area (Å²) in [6, 6.07) is 15.2. The van der Waals surface area contributed by atoms with Gasteiger partial charge in [0.05, 0.1) is 5.56 Å². The highest BCUT2D eigenvalue weighted by atomic mass is 16.3. The third kappa shape index (κ3) is 4.52. The predicted octanol–water partition coefficient (Wildman–Crippen LogP) is 3.13. The maximum Gasteiger partial charge on any atom is 0.259 e. The first-order chi connectivity index (χ1) is 13.9. The second-order valence-corrected chi connectivity index (χ2v) is 6.65. The minimum Gasteiger partial charge on any atom is -0.508 e. The molecular weight excluding hydrogens is 368 g/mol. The number of nitrogens with one attached hydrogen (secondary N) is 2. The number of rotatable bonds is 5. The highest BCUT2D eigenvalue weighted by Crippen LogP contribution is 2.26.